The van der Waals surface area contributed by atoms with Crippen molar-refractivity contribution >= 4 is 11.8 Å². The van der Waals surface area contributed by atoms with Gasteiger partial charge in [-0.3, -0.25) is 9.59 Å². The van der Waals surface area contributed by atoms with Crippen molar-refractivity contribution in [3.05, 3.63) is 29.8 Å². The number of benzene rings is 1. The van der Waals surface area contributed by atoms with Gasteiger partial charge in [-0.25, -0.2) is 0 Å². The average molecular weight is 272 g/mol. The third-order valence-corrected chi connectivity index (χ3v) is 4.96. The number of para-hydroxylation sites is 1. The highest BCUT2D eigenvalue weighted by Crippen LogP contribution is 2.75. The standard InChI is InChI=1S/C15H16N2O3/c16-12(18)15(17-13(19)14-7-9(14)8-14)5-6-20-11-4-2-1-3-10(11)15/h1-4,9H,5-8H2,(H2,16,18)(H,17,19). The highest BCUT2D eigenvalue weighted by Gasteiger charge is 2.75. The molecule has 1 heterocycles. The highest BCUT2D eigenvalue weighted by molar-refractivity contribution is 5.97. The quantitative estimate of drug-likeness (QED) is 0.848. The Hall–Kier alpha value is -2.04. The van der Waals surface area contributed by atoms with Crippen molar-refractivity contribution in [1.29, 1.82) is 0 Å². The molecule has 1 atom stereocenters. The van der Waals surface area contributed by atoms with Gasteiger partial charge in [0.25, 0.3) is 0 Å². The van der Waals surface area contributed by atoms with Gasteiger partial charge in [0.2, 0.25) is 11.8 Å². The molecule has 0 radical (unpaired) electrons. The van der Waals surface area contributed by atoms with Crippen molar-refractivity contribution in [3.8, 4) is 5.75 Å². The summed E-state index contributed by atoms with van der Waals surface area (Å²) in [7, 11) is 0. The van der Waals surface area contributed by atoms with Crippen LogP contribution in [0.25, 0.3) is 0 Å². The fourth-order valence-electron chi connectivity index (χ4n) is 3.23. The fraction of sp³-hybridized carbons (Fsp3) is 0.467. The number of amides is 2. The lowest BCUT2D eigenvalue weighted by Crippen LogP contribution is -2.57. The van der Waals surface area contributed by atoms with Gasteiger partial charge in [0.05, 0.1) is 12.0 Å². The number of hydrogen-bond acceptors (Lipinski definition) is 3. The molecule has 0 saturated heterocycles. The van der Waals surface area contributed by atoms with E-state index < -0.39 is 11.4 Å². The topological polar surface area (TPSA) is 81.4 Å². The van der Waals surface area contributed by atoms with E-state index in [2.05, 4.69) is 5.32 Å². The second-order valence-electron chi connectivity index (χ2n) is 6.08. The Kier molecular flexibility index (Phi) is 2.08. The van der Waals surface area contributed by atoms with Crippen LogP contribution in [-0.4, -0.2) is 18.4 Å². The van der Waals surface area contributed by atoms with Crippen molar-refractivity contribution in [2.75, 3.05) is 6.61 Å². The lowest BCUT2D eigenvalue weighted by atomic mass is 9.83. The van der Waals surface area contributed by atoms with Gasteiger partial charge in [0, 0.05) is 12.0 Å². The van der Waals surface area contributed by atoms with Crippen molar-refractivity contribution < 1.29 is 14.3 Å². The Bertz CT molecular complexity index is 621. The molecule has 2 amide bonds. The lowest BCUT2D eigenvalue weighted by molar-refractivity contribution is -0.135. The molecule has 1 unspecified atom stereocenters. The summed E-state index contributed by atoms with van der Waals surface area (Å²) >= 11 is 0. The normalized spacial score (nSPS) is 36.1. The number of carbonyl (C=O) groups excluding carboxylic acids is 2. The zero-order valence-corrected chi connectivity index (χ0v) is 11.0. The largest absolute Gasteiger partial charge is 0.493 e. The Morgan fingerprint density at radius 3 is 2.65 bits per heavy atom. The first-order valence-electron chi connectivity index (χ1n) is 6.93. The maximum atomic E-state index is 12.4. The van der Waals surface area contributed by atoms with Crippen molar-refractivity contribution in [3.63, 3.8) is 0 Å². The summed E-state index contributed by atoms with van der Waals surface area (Å²) in [4.78, 5) is 24.5. The summed E-state index contributed by atoms with van der Waals surface area (Å²) in [5.41, 5.74) is 4.99. The number of primary amides is 1. The predicted octanol–water partition coefficient (Wildman–Crippen LogP) is 0.676. The van der Waals surface area contributed by atoms with Crippen LogP contribution in [-0.2, 0) is 15.1 Å². The molecule has 2 saturated carbocycles. The highest BCUT2D eigenvalue weighted by atomic mass is 16.5. The SMILES string of the molecule is NC(=O)C1(NC(=O)C23CC2C3)CCOc2ccccc21. The van der Waals surface area contributed by atoms with Gasteiger partial charge < -0.3 is 15.8 Å². The summed E-state index contributed by atoms with van der Waals surface area (Å²) in [5, 5.41) is 2.94. The van der Waals surface area contributed by atoms with Crippen LogP contribution in [0.2, 0.25) is 0 Å². The first kappa shape index (κ1) is 11.8. The van der Waals surface area contributed by atoms with Crippen LogP contribution in [0.15, 0.2) is 24.3 Å². The number of fused-ring (bicyclic) bond motifs is 2. The van der Waals surface area contributed by atoms with Crippen LogP contribution in [0.5, 0.6) is 5.75 Å². The van der Waals surface area contributed by atoms with Gasteiger partial charge >= 0.3 is 0 Å². The summed E-state index contributed by atoms with van der Waals surface area (Å²) in [6, 6.07) is 7.27. The van der Waals surface area contributed by atoms with E-state index in [-0.39, 0.29) is 11.3 Å². The Balaban J connectivity index is 1.74. The third kappa shape index (κ3) is 1.38. The first-order valence-corrected chi connectivity index (χ1v) is 6.93. The van der Waals surface area contributed by atoms with E-state index in [1.165, 1.54) is 0 Å². The lowest BCUT2D eigenvalue weighted by Gasteiger charge is -2.37. The van der Waals surface area contributed by atoms with Crippen LogP contribution in [0, 0.1) is 11.3 Å². The van der Waals surface area contributed by atoms with Crippen molar-refractivity contribution in [1.82, 2.24) is 5.32 Å². The van der Waals surface area contributed by atoms with Gasteiger partial charge in [0.15, 0.2) is 5.54 Å². The van der Waals surface area contributed by atoms with E-state index in [0.717, 1.165) is 12.8 Å². The maximum Gasteiger partial charge on any atom is 0.248 e. The van der Waals surface area contributed by atoms with Gasteiger partial charge in [-0.05, 0) is 24.8 Å². The van der Waals surface area contributed by atoms with Gasteiger partial charge in [-0.15, -0.1) is 0 Å². The number of nitrogens with one attached hydrogen (secondary N) is 1. The molecule has 3 N–H and O–H groups in total. The summed E-state index contributed by atoms with van der Waals surface area (Å²) in [6.45, 7) is 0.372. The Morgan fingerprint density at radius 1 is 1.30 bits per heavy atom. The van der Waals surface area contributed by atoms with E-state index in [4.69, 9.17) is 10.5 Å². The van der Waals surface area contributed by atoms with E-state index >= 15 is 0 Å². The zero-order chi connectivity index (χ0) is 14.0. The molecule has 3 aliphatic rings. The number of carbonyl (C=O) groups is 2. The van der Waals surface area contributed by atoms with Crippen LogP contribution < -0.4 is 15.8 Å². The molecule has 4 rings (SSSR count). The molecular formula is C15H16N2O3. The van der Waals surface area contributed by atoms with Crippen molar-refractivity contribution in [2.45, 2.75) is 24.8 Å². The monoisotopic (exact) mass is 272 g/mol. The van der Waals surface area contributed by atoms with Crippen LogP contribution in [0.1, 0.15) is 24.8 Å². The molecule has 20 heavy (non-hydrogen) atoms. The van der Waals surface area contributed by atoms with Gasteiger partial charge in [-0.1, -0.05) is 18.2 Å². The van der Waals surface area contributed by atoms with Crippen LogP contribution in [0.3, 0.4) is 0 Å². The minimum Gasteiger partial charge on any atom is -0.493 e. The maximum absolute atomic E-state index is 12.4. The molecule has 104 valence electrons. The third-order valence-electron chi connectivity index (χ3n) is 4.96. The molecule has 5 heteroatoms. The summed E-state index contributed by atoms with van der Waals surface area (Å²) < 4.78 is 5.56. The number of rotatable bonds is 3. The van der Waals surface area contributed by atoms with E-state index in [1.807, 2.05) is 12.1 Å². The van der Waals surface area contributed by atoms with Gasteiger partial charge in [-0.2, -0.15) is 0 Å². The van der Waals surface area contributed by atoms with E-state index in [9.17, 15) is 9.59 Å². The average Bonchev–Trinajstić information content (AvgIpc) is 3.28. The molecule has 1 aromatic rings. The smallest absolute Gasteiger partial charge is 0.248 e. The minimum atomic E-state index is -1.13. The second kappa shape index (κ2) is 3.53. The zero-order valence-electron chi connectivity index (χ0n) is 11.0. The molecule has 2 aliphatic carbocycles. The predicted molar refractivity (Wildman–Crippen MR) is 70.7 cm³/mol. The molecular weight excluding hydrogens is 256 g/mol. The Morgan fingerprint density at radius 2 is 2.00 bits per heavy atom. The number of ether oxygens (including phenoxy) is 1. The fourth-order valence-corrected chi connectivity index (χ4v) is 3.23. The first-order chi connectivity index (χ1) is 9.58. The van der Waals surface area contributed by atoms with E-state index in [1.54, 1.807) is 12.1 Å². The number of nitrogens with two attached hydrogens (primary N) is 1. The molecule has 0 spiro atoms. The molecule has 0 aromatic heterocycles. The molecule has 1 aromatic carbocycles. The molecule has 5 nitrogen and oxygen atoms in total. The molecule has 1 aliphatic heterocycles. The van der Waals surface area contributed by atoms with E-state index in [0.29, 0.717) is 30.3 Å². The summed E-state index contributed by atoms with van der Waals surface area (Å²) in [6.07, 6.45) is 2.28. The number of hydrogen-bond donors (Lipinski definition) is 2. The molecule has 0 bridgehead atoms. The molecule has 2 fully saturated rings. The van der Waals surface area contributed by atoms with Gasteiger partial charge in [0.1, 0.15) is 5.75 Å². The van der Waals surface area contributed by atoms with Crippen molar-refractivity contribution in [2.24, 2.45) is 17.1 Å². The summed E-state index contributed by atoms with van der Waals surface area (Å²) in [5.74, 6) is 0.606. The minimum absolute atomic E-state index is 0.0296. The second-order valence-corrected chi connectivity index (χ2v) is 6.08. The Labute approximate surface area is 116 Å². The van der Waals surface area contributed by atoms with Crippen LogP contribution in [0.4, 0.5) is 0 Å². The van der Waals surface area contributed by atoms with Crippen LogP contribution >= 0.6 is 0 Å².